The van der Waals surface area contributed by atoms with Gasteiger partial charge in [0, 0.05) is 3.92 Å². The molecule has 1 aromatic carbocycles. The average molecular weight is 406 g/mol. The topological polar surface area (TPSA) is 9.23 Å². The minimum absolute atomic E-state index is 0.0228. The van der Waals surface area contributed by atoms with E-state index in [4.69, 9.17) is 4.74 Å². The number of rotatable bonds is 4. The van der Waals surface area contributed by atoms with Gasteiger partial charge in [0.2, 0.25) is 5.82 Å². The first-order chi connectivity index (χ1) is 10.1. The molecular weight excluding hydrogens is 385 g/mol. The zero-order valence-electron chi connectivity index (χ0n) is 12.4. The van der Waals surface area contributed by atoms with E-state index in [0.29, 0.717) is 15.4 Å². The number of halogens is 3. The number of methoxy groups -OCH3 is 1. The van der Waals surface area contributed by atoms with Crippen LogP contribution in [0, 0.1) is 17.6 Å². The van der Waals surface area contributed by atoms with Crippen molar-refractivity contribution in [3.05, 3.63) is 41.5 Å². The average Bonchev–Trinajstić information content (AvgIpc) is 2.50. The van der Waals surface area contributed by atoms with Crippen LogP contribution in [0.15, 0.2) is 24.3 Å². The highest BCUT2D eigenvalue weighted by Crippen LogP contribution is 2.41. The molecule has 0 radical (unpaired) electrons. The molecule has 0 saturated heterocycles. The summed E-state index contributed by atoms with van der Waals surface area (Å²) in [6.45, 7) is 2.03. The molecule has 1 aromatic rings. The van der Waals surface area contributed by atoms with Crippen LogP contribution in [0.5, 0.6) is 5.75 Å². The van der Waals surface area contributed by atoms with E-state index in [2.05, 4.69) is 34.7 Å². The van der Waals surface area contributed by atoms with Crippen molar-refractivity contribution in [2.24, 2.45) is 5.92 Å². The van der Waals surface area contributed by atoms with Crippen molar-refractivity contribution in [2.75, 3.05) is 7.11 Å². The largest absolute Gasteiger partial charge is 0.494 e. The Morgan fingerprint density at radius 3 is 2.43 bits per heavy atom. The second-order valence-electron chi connectivity index (χ2n) is 5.57. The summed E-state index contributed by atoms with van der Waals surface area (Å²) in [5, 5.41) is 0. The van der Waals surface area contributed by atoms with Gasteiger partial charge >= 0.3 is 0 Å². The molecule has 1 atom stereocenters. The van der Waals surface area contributed by atoms with E-state index in [1.165, 1.54) is 13.2 Å². The second kappa shape index (κ2) is 7.56. The maximum Gasteiger partial charge on any atom is 0.200 e. The molecule has 0 aromatic heterocycles. The van der Waals surface area contributed by atoms with Crippen molar-refractivity contribution in [1.82, 2.24) is 0 Å². The monoisotopic (exact) mass is 406 g/mol. The van der Waals surface area contributed by atoms with E-state index in [1.54, 1.807) is 6.07 Å². The van der Waals surface area contributed by atoms with Gasteiger partial charge in [-0.2, -0.15) is 4.39 Å². The molecule has 1 fully saturated rings. The highest BCUT2D eigenvalue weighted by Gasteiger charge is 2.28. The molecule has 0 aliphatic heterocycles. The fourth-order valence-corrected chi connectivity index (χ4v) is 4.24. The molecule has 0 heterocycles. The maximum absolute atomic E-state index is 14.1. The summed E-state index contributed by atoms with van der Waals surface area (Å²) in [5.74, 6) is -0.861. The lowest BCUT2D eigenvalue weighted by molar-refractivity contribution is 0.326. The lowest BCUT2D eigenvalue weighted by atomic mass is 9.77. The zero-order chi connectivity index (χ0) is 15.4. The lowest BCUT2D eigenvalue weighted by Crippen LogP contribution is -2.20. The van der Waals surface area contributed by atoms with Crippen molar-refractivity contribution in [2.45, 2.75) is 42.4 Å². The number of alkyl halides is 1. The van der Waals surface area contributed by atoms with Gasteiger partial charge in [0.25, 0.3) is 0 Å². The van der Waals surface area contributed by atoms with Gasteiger partial charge < -0.3 is 4.74 Å². The fraction of sp³-hybridized carbons (Fsp3) is 0.529. The molecule has 0 bridgehead atoms. The molecular formula is C17H21F2IO. The van der Waals surface area contributed by atoms with Crippen LogP contribution in [0.4, 0.5) is 8.78 Å². The Morgan fingerprint density at radius 1 is 1.19 bits per heavy atom. The molecule has 1 aliphatic rings. The normalized spacial score (nSPS) is 24.2. The van der Waals surface area contributed by atoms with E-state index in [0.717, 1.165) is 25.7 Å². The molecule has 0 spiro atoms. The van der Waals surface area contributed by atoms with E-state index in [-0.39, 0.29) is 11.7 Å². The Kier molecular flexibility index (Phi) is 6.02. The van der Waals surface area contributed by atoms with Gasteiger partial charge in [-0.25, -0.2) is 4.39 Å². The van der Waals surface area contributed by atoms with Crippen LogP contribution in [0.25, 0.3) is 0 Å². The first-order valence-electron chi connectivity index (χ1n) is 7.37. The third-order valence-electron chi connectivity index (χ3n) is 4.33. The lowest BCUT2D eigenvalue weighted by Gasteiger charge is -2.31. The highest BCUT2D eigenvalue weighted by atomic mass is 127. The van der Waals surface area contributed by atoms with Crippen LogP contribution < -0.4 is 4.74 Å². The molecule has 0 amide bonds. The smallest absolute Gasteiger partial charge is 0.200 e. The number of hydrogen-bond donors (Lipinski definition) is 0. The van der Waals surface area contributed by atoms with Crippen molar-refractivity contribution in [1.29, 1.82) is 0 Å². The highest BCUT2D eigenvalue weighted by molar-refractivity contribution is 14.1. The van der Waals surface area contributed by atoms with Crippen LogP contribution >= 0.6 is 22.6 Å². The third kappa shape index (κ3) is 3.76. The van der Waals surface area contributed by atoms with Crippen molar-refractivity contribution in [3.63, 3.8) is 0 Å². The van der Waals surface area contributed by atoms with E-state index < -0.39 is 11.6 Å². The minimum Gasteiger partial charge on any atom is -0.494 e. The predicted molar refractivity (Wildman–Crippen MR) is 90.2 cm³/mol. The van der Waals surface area contributed by atoms with Gasteiger partial charge in [-0.05, 0) is 56.1 Å². The van der Waals surface area contributed by atoms with Crippen molar-refractivity contribution < 1.29 is 13.5 Å². The summed E-state index contributed by atoms with van der Waals surface area (Å²) in [5.41, 5.74) is 0.503. The molecule has 116 valence electrons. The molecule has 0 N–H and O–H groups in total. The van der Waals surface area contributed by atoms with Gasteiger partial charge in [-0.15, -0.1) is 0 Å². The molecule has 1 saturated carbocycles. The molecule has 1 nitrogen and oxygen atoms in total. The molecule has 1 unspecified atom stereocenters. The quantitative estimate of drug-likeness (QED) is 0.358. The predicted octanol–water partition coefficient (Wildman–Crippen LogP) is 5.63. The van der Waals surface area contributed by atoms with E-state index in [1.807, 2.05) is 6.92 Å². The minimum atomic E-state index is -0.863. The Bertz CT molecular complexity index is 508. The Labute approximate surface area is 138 Å². The van der Waals surface area contributed by atoms with Gasteiger partial charge in [-0.1, -0.05) is 40.8 Å². The fourth-order valence-electron chi connectivity index (χ4n) is 3.11. The van der Waals surface area contributed by atoms with Crippen molar-refractivity contribution >= 4 is 22.6 Å². The Balaban J connectivity index is 2.07. The van der Waals surface area contributed by atoms with Crippen LogP contribution in [-0.2, 0) is 0 Å². The van der Waals surface area contributed by atoms with E-state index in [9.17, 15) is 8.78 Å². The molecule has 4 heteroatoms. The third-order valence-corrected chi connectivity index (χ3v) is 5.77. The number of hydrogen-bond acceptors (Lipinski definition) is 1. The van der Waals surface area contributed by atoms with Crippen molar-refractivity contribution in [3.8, 4) is 5.75 Å². The second-order valence-corrected chi connectivity index (χ2v) is 7.01. The zero-order valence-corrected chi connectivity index (χ0v) is 14.6. The van der Waals surface area contributed by atoms with Crippen LogP contribution in [0.2, 0.25) is 0 Å². The summed E-state index contributed by atoms with van der Waals surface area (Å²) >= 11 is 2.47. The summed E-state index contributed by atoms with van der Waals surface area (Å²) in [7, 11) is 1.35. The molecule has 1 aliphatic carbocycles. The van der Waals surface area contributed by atoms with Gasteiger partial charge in [0.1, 0.15) is 0 Å². The van der Waals surface area contributed by atoms with Crippen LogP contribution in [-0.4, -0.2) is 11.0 Å². The SMILES string of the molecule is CC=CC(I)C1CCC(c2ccc(OC)c(F)c2F)CC1. The van der Waals surface area contributed by atoms with E-state index >= 15 is 0 Å². The van der Waals surface area contributed by atoms with Gasteiger partial charge in [0.15, 0.2) is 11.6 Å². The summed E-state index contributed by atoms with van der Waals surface area (Å²) < 4.78 is 33.3. The molecule has 2 rings (SSSR count). The van der Waals surface area contributed by atoms with Crippen LogP contribution in [0.3, 0.4) is 0 Å². The summed E-state index contributed by atoms with van der Waals surface area (Å²) in [6.07, 6.45) is 8.28. The first kappa shape index (κ1) is 16.7. The van der Waals surface area contributed by atoms with Gasteiger partial charge in [0.05, 0.1) is 7.11 Å². The Hall–Kier alpha value is -0.650. The Morgan fingerprint density at radius 2 is 1.86 bits per heavy atom. The number of benzene rings is 1. The van der Waals surface area contributed by atoms with Crippen LogP contribution in [0.1, 0.15) is 44.1 Å². The number of allylic oxidation sites excluding steroid dienone is 2. The molecule has 21 heavy (non-hydrogen) atoms. The maximum atomic E-state index is 14.1. The number of ether oxygens (including phenoxy) is 1. The summed E-state index contributed by atoms with van der Waals surface area (Å²) in [6, 6.07) is 3.20. The first-order valence-corrected chi connectivity index (χ1v) is 8.61. The summed E-state index contributed by atoms with van der Waals surface area (Å²) in [4.78, 5) is 0. The van der Waals surface area contributed by atoms with Gasteiger partial charge in [-0.3, -0.25) is 0 Å². The standard InChI is InChI=1S/C17H21F2IO/c1-3-4-14(20)12-7-5-11(6-8-12)13-9-10-15(21-2)17(19)16(13)18/h3-4,9-12,14H,5-8H2,1-2H3.